The van der Waals surface area contributed by atoms with E-state index in [0.29, 0.717) is 13.0 Å². The number of aryl methyl sites for hydroxylation is 1. The Morgan fingerprint density at radius 2 is 2.15 bits per heavy atom. The third-order valence-corrected chi connectivity index (χ3v) is 5.43. The lowest BCUT2D eigenvalue weighted by atomic mass is 9.96. The summed E-state index contributed by atoms with van der Waals surface area (Å²) >= 11 is 0. The molecule has 1 aliphatic heterocycles. The van der Waals surface area contributed by atoms with Crippen molar-refractivity contribution in [2.24, 2.45) is 0 Å². The number of para-hydroxylation sites is 1. The number of ether oxygens (including phenoxy) is 1. The first-order valence-corrected chi connectivity index (χ1v) is 9.59. The second-order valence-electron chi connectivity index (χ2n) is 7.04. The molecule has 0 N–H and O–H groups in total. The lowest BCUT2D eigenvalue weighted by molar-refractivity contribution is -0.135. The number of fused-ring (bicyclic) bond motifs is 1. The number of hydrogen-bond donors (Lipinski definition) is 0. The summed E-state index contributed by atoms with van der Waals surface area (Å²) in [5.41, 5.74) is 2.19. The first-order valence-electron chi connectivity index (χ1n) is 9.59. The van der Waals surface area contributed by atoms with Crippen molar-refractivity contribution in [2.45, 2.75) is 38.3 Å². The number of rotatable bonds is 5. The number of carbonyl (C=O) groups excluding carboxylic acids is 1. The molecule has 0 spiro atoms. The fraction of sp³-hybridized carbons (Fsp3) is 0.364. The molecule has 0 aliphatic carbocycles. The molecule has 4 rings (SSSR count). The van der Waals surface area contributed by atoms with Crippen LogP contribution in [0.4, 0.5) is 0 Å². The minimum atomic E-state index is 0.149. The number of carbonyl (C=O) groups is 1. The topological polar surface area (TPSA) is 47.4 Å². The first-order chi connectivity index (χ1) is 13.3. The normalized spacial score (nSPS) is 17.2. The van der Waals surface area contributed by atoms with Crippen LogP contribution in [-0.4, -0.2) is 34.0 Å². The molecule has 1 aliphatic rings. The van der Waals surface area contributed by atoms with Gasteiger partial charge < -0.3 is 14.2 Å². The summed E-state index contributed by atoms with van der Waals surface area (Å²) in [6.45, 7) is 1.48. The second-order valence-corrected chi connectivity index (χ2v) is 7.04. The average Bonchev–Trinajstić information content (AvgIpc) is 3.16. The highest BCUT2D eigenvalue weighted by molar-refractivity contribution is 5.86. The minimum absolute atomic E-state index is 0.149. The van der Waals surface area contributed by atoms with E-state index < -0.39 is 0 Å². The summed E-state index contributed by atoms with van der Waals surface area (Å²) in [7, 11) is 1.68. The molecule has 140 valence electrons. The summed E-state index contributed by atoms with van der Waals surface area (Å²) in [4.78, 5) is 19.3. The lowest BCUT2D eigenvalue weighted by Gasteiger charge is -2.36. The molecule has 1 aromatic carbocycles. The van der Waals surface area contributed by atoms with E-state index in [1.807, 2.05) is 35.5 Å². The van der Waals surface area contributed by atoms with E-state index in [-0.39, 0.29) is 11.9 Å². The molecule has 0 bridgehead atoms. The predicted octanol–water partition coefficient (Wildman–Crippen LogP) is 4.19. The standard InChI is InChI=1S/C22H25N3O2/c1-27-20-9-4-6-17-10-14-24(22(17)20)15-11-21(26)25-13-3-2-8-19(25)18-7-5-12-23-16-18/h4-7,9-10,12,14,16,19H,2-3,8,11,13,15H2,1H3/t19-/m1/s1. The maximum absolute atomic E-state index is 13.0. The van der Waals surface area contributed by atoms with E-state index in [1.54, 1.807) is 13.3 Å². The van der Waals surface area contributed by atoms with Gasteiger partial charge in [-0.1, -0.05) is 18.2 Å². The maximum atomic E-state index is 13.0. The molecule has 5 heteroatoms. The summed E-state index contributed by atoms with van der Waals surface area (Å²) in [5, 5.41) is 1.13. The molecule has 1 saturated heterocycles. The Labute approximate surface area is 159 Å². The molecule has 3 heterocycles. The van der Waals surface area contributed by atoms with Gasteiger partial charge in [-0.2, -0.15) is 0 Å². The van der Waals surface area contributed by atoms with Crippen LogP contribution in [0, 0.1) is 0 Å². The highest BCUT2D eigenvalue weighted by atomic mass is 16.5. The Morgan fingerprint density at radius 3 is 2.96 bits per heavy atom. The van der Waals surface area contributed by atoms with Crippen molar-refractivity contribution in [3.8, 4) is 5.75 Å². The average molecular weight is 363 g/mol. The number of aromatic nitrogens is 2. The molecule has 1 amide bonds. The number of piperidine rings is 1. The lowest BCUT2D eigenvalue weighted by Crippen LogP contribution is -2.38. The quantitative estimate of drug-likeness (QED) is 0.683. The van der Waals surface area contributed by atoms with Gasteiger partial charge in [-0.15, -0.1) is 0 Å². The molecule has 0 unspecified atom stereocenters. The van der Waals surface area contributed by atoms with Crippen molar-refractivity contribution in [3.05, 3.63) is 60.6 Å². The number of methoxy groups -OCH3 is 1. The Bertz CT molecular complexity index is 920. The fourth-order valence-electron chi connectivity index (χ4n) is 4.09. The summed E-state index contributed by atoms with van der Waals surface area (Å²) in [5.74, 6) is 1.05. The Kier molecular flexibility index (Phi) is 5.10. The number of benzene rings is 1. The zero-order valence-corrected chi connectivity index (χ0v) is 15.7. The van der Waals surface area contributed by atoms with Crippen molar-refractivity contribution in [2.75, 3.05) is 13.7 Å². The minimum Gasteiger partial charge on any atom is -0.495 e. The van der Waals surface area contributed by atoms with Crippen molar-refractivity contribution in [1.29, 1.82) is 0 Å². The number of nitrogens with zero attached hydrogens (tertiary/aromatic N) is 3. The molecule has 0 radical (unpaired) electrons. The summed E-state index contributed by atoms with van der Waals surface area (Å²) in [6, 6.07) is 12.3. The number of hydrogen-bond acceptors (Lipinski definition) is 3. The summed E-state index contributed by atoms with van der Waals surface area (Å²) in [6.07, 6.45) is 9.43. The molecule has 27 heavy (non-hydrogen) atoms. The number of likely N-dealkylation sites (tertiary alicyclic amines) is 1. The van der Waals surface area contributed by atoms with Crippen LogP contribution in [0.2, 0.25) is 0 Å². The van der Waals surface area contributed by atoms with Gasteiger partial charge in [0, 0.05) is 43.5 Å². The van der Waals surface area contributed by atoms with Crippen molar-refractivity contribution in [1.82, 2.24) is 14.5 Å². The highest BCUT2D eigenvalue weighted by Crippen LogP contribution is 2.31. The fourth-order valence-corrected chi connectivity index (χ4v) is 4.09. The van der Waals surface area contributed by atoms with Crippen LogP contribution in [0.5, 0.6) is 5.75 Å². The maximum Gasteiger partial charge on any atom is 0.224 e. The molecule has 5 nitrogen and oxygen atoms in total. The monoisotopic (exact) mass is 363 g/mol. The SMILES string of the molecule is COc1cccc2ccn(CCC(=O)N3CCCC[C@@H]3c3cccnc3)c12. The third-order valence-electron chi connectivity index (χ3n) is 5.43. The molecular weight excluding hydrogens is 338 g/mol. The van der Waals surface area contributed by atoms with Crippen LogP contribution in [-0.2, 0) is 11.3 Å². The van der Waals surface area contributed by atoms with Gasteiger partial charge in [-0.25, -0.2) is 0 Å². The van der Waals surface area contributed by atoms with Gasteiger partial charge in [0.1, 0.15) is 5.75 Å². The zero-order valence-electron chi connectivity index (χ0n) is 15.7. The smallest absolute Gasteiger partial charge is 0.224 e. The van der Waals surface area contributed by atoms with Gasteiger partial charge in [-0.3, -0.25) is 9.78 Å². The van der Waals surface area contributed by atoms with Gasteiger partial charge in [0.15, 0.2) is 0 Å². The van der Waals surface area contributed by atoms with Crippen LogP contribution < -0.4 is 4.74 Å². The summed E-state index contributed by atoms with van der Waals surface area (Å²) < 4.78 is 7.62. The van der Waals surface area contributed by atoms with Gasteiger partial charge in [0.2, 0.25) is 5.91 Å². The third kappa shape index (κ3) is 3.54. The largest absolute Gasteiger partial charge is 0.495 e. The van der Waals surface area contributed by atoms with Crippen LogP contribution in [0.3, 0.4) is 0 Å². The number of pyridine rings is 1. The van der Waals surface area contributed by atoms with Crippen molar-refractivity contribution >= 4 is 16.8 Å². The highest BCUT2D eigenvalue weighted by Gasteiger charge is 2.27. The molecular formula is C22H25N3O2. The molecule has 3 aromatic rings. The Morgan fingerprint density at radius 1 is 1.22 bits per heavy atom. The van der Waals surface area contributed by atoms with E-state index in [1.165, 1.54) is 0 Å². The molecule has 1 atom stereocenters. The van der Waals surface area contributed by atoms with Crippen molar-refractivity contribution in [3.63, 3.8) is 0 Å². The second kappa shape index (κ2) is 7.82. The van der Waals surface area contributed by atoms with Crippen LogP contribution in [0.1, 0.15) is 37.3 Å². The van der Waals surface area contributed by atoms with Gasteiger partial charge >= 0.3 is 0 Å². The van der Waals surface area contributed by atoms with E-state index in [2.05, 4.69) is 27.8 Å². The molecule has 0 saturated carbocycles. The van der Waals surface area contributed by atoms with Gasteiger partial charge in [0.05, 0.1) is 18.7 Å². The van der Waals surface area contributed by atoms with Gasteiger partial charge in [-0.05, 0) is 43.0 Å². The van der Waals surface area contributed by atoms with Crippen LogP contribution in [0.15, 0.2) is 55.0 Å². The van der Waals surface area contributed by atoms with Gasteiger partial charge in [0.25, 0.3) is 0 Å². The van der Waals surface area contributed by atoms with E-state index in [4.69, 9.17) is 4.74 Å². The number of amides is 1. The first kappa shape index (κ1) is 17.6. The molecule has 2 aromatic heterocycles. The van der Waals surface area contributed by atoms with Crippen molar-refractivity contribution < 1.29 is 9.53 Å². The Balaban J connectivity index is 1.50. The van der Waals surface area contributed by atoms with E-state index in [9.17, 15) is 4.79 Å². The van der Waals surface area contributed by atoms with Crippen LogP contribution >= 0.6 is 0 Å². The van der Waals surface area contributed by atoms with E-state index >= 15 is 0 Å². The van der Waals surface area contributed by atoms with Crippen LogP contribution in [0.25, 0.3) is 10.9 Å². The zero-order chi connectivity index (χ0) is 18.6. The predicted molar refractivity (Wildman–Crippen MR) is 106 cm³/mol. The molecule has 1 fully saturated rings. The Hall–Kier alpha value is -2.82. The van der Waals surface area contributed by atoms with E-state index in [0.717, 1.165) is 48.0 Å².